The first-order valence-corrected chi connectivity index (χ1v) is 3.58. The molecule has 1 aromatic rings. The third-order valence-electron chi connectivity index (χ3n) is 1.56. The van der Waals surface area contributed by atoms with Gasteiger partial charge in [0.05, 0.1) is 5.56 Å². The lowest BCUT2D eigenvalue weighted by molar-refractivity contribution is 0.577. The first-order valence-electron chi connectivity index (χ1n) is 3.58. The highest BCUT2D eigenvalue weighted by Crippen LogP contribution is 2.11. The van der Waals surface area contributed by atoms with Gasteiger partial charge in [0.15, 0.2) is 0 Å². The number of nitrogens with zero attached hydrogens (tertiary/aromatic N) is 1. The van der Waals surface area contributed by atoms with Crippen molar-refractivity contribution < 1.29 is 8.78 Å². The molecule has 0 atom stereocenters. The minimum absolute atomic E-state index is 0.0180. The zero-order valence-electron chi connectivity index (χ0n) is 7.01. The molecule has 3 N–H and O–H groups in total. The highest BCUT2D eigenvalue weighted by atomic mass is 19.1. The van der Waals surface area contributed by atoms with Gasteiger partial charge in [0.25, 0.3) is 0 Å². The van der Waals surface area contributed by atoms with Gasteiger partial charge in [0.1, 0.15) is 17.5 Å². The van der Waals surface area contributed by atoms with Gasteiger partial charge in [0.2, 0.25) is 0 Å². The normalized spacial score (nSPS) is 11.5. The number of aliphatic imine (C=N–C) groups is 1. The summed E-state index contributed by atoms with van der Waals surface area (Å²) in [6.07, 6.45) is 0. The number of hydrazine groups is 1. The van der Waals surface area contributed by atoms with E-state index in [2.05, 4.69) is 10.4 Å². The summed E-state index contributed by atoms with van der Waals surface area (Å²) >= 11 is 0. The maximum Gasteiger partial charge on any atom is 0.148 e. The average Bonchev–Trinajstić information content (AvgIpc) is 2.11. The lowest BCUT2D eigenvalue weighted by atomic mass is 10.2. The Hall–Kier alpha value is -1.49. The summed E-state index contributed by atoms with van der Waals surface area (Å²) in [4.78, 5) is 3.60. The topological polar surface area (TPSA) is 50.4 Å². The number of halogens is 2. The molecule has 0 aliphatic rings. The highest BCUT2D eigenvalue weighted by molar-refractivity contribution is 5.98. The fraction of sp³-hybridized carbons (Fsp3) is 0.125. The fourth-order valence-electron chi connectivity index (χ4n) is 0.973. The van der Waals surface area contributed by atoms with Crippen LogP contribution in [0.25, 0.3) is 0 Å². The number of nitrogens with two attached hydrogens (primary N) is 1. The summed E-state index contributed by atoms with van der Waals surface area (Å²) in [7, 11) is 1.39. The van der Waals surface area contributed by atoms with Gasteiger partial charge in [-0.2, -0.15) is 0 Å². The zero-order chi connectivity index (χ0) is 9.84. The molecule has 0 aliphatic heterocycles. The van der Waals surface area contributed by atoms with Crippen LogP contribution in [0.5, 0.6) is 0 Å². The van der Waals surface area contributed by atoms with Crippen LogP contribution in [0.4, 0.5) is 8.78 Å². The van der Waals surface area contributed by atoms with Gasteiger partial charge >= 0.3 is 0 Å². The number of rotatable bonds is 1. The minimum atomic E-state index is -0.696. The van der Waals surface area contributed by atoms with Crippen LogP contribution in [0.1, 0.15) is 5.56 Å². The van der Waals surface area contributed by atoms with Gasteiger partial charge in [-0.3, -0.25) is 4.99 Å². The maximum absolute atomic E-state index is 13.1. The predicted molar refractivity (Wildman–Crippen MR) is 46.1 cm³/mol. The zero-order valence-corrected chi connectivity index (χ0v) is 7.01. The van der Waals surface area contributed by atoms with Crippen LogP contribution in [0.3, 0.4) is 0 Å². The van der Waals surface area contributed by atoms with Crippen molar-refractivity contribution in [3.8, 4) is 0 Å². The minimum Gasteiger partial charge on any atom is -0.308 e. The molecule has 0 aromatic heterocycles. The molecule has 1 aromatic carbocycles. The van der Waals surface area contributed by atoms with E-state index in [0.717, 1.165) is 12.1 Å². The van der Waals surface area contributed by atoms with E-state index in [4.69, 9.17) is 5.84 Å². The predicted octanol–water partition coefficient (Wildman–Crippen LogP) is 0.805. The molecule has 0 saturated heterocycles. The molecule has 1 rings (SSSR count). The van der Waals surface area contributed by atoms with Crippen molar-refractivity contribution >= 4 is 5.84 Å². The van der Waals surface area contributed by atoms with Gasteiger partial charge in [-0.05, 0) is 12.1 Å². The summed E-state index contributed by atoms with van der Waals surface area (Å²) < 4.78 is 26.1. The van der Waals surface area contributed by atoms with E-state index in [1.807, 2.05) is 0 Å². The monoisotopic (exact) mass is 185 g/mol. The second-order valence-corrected chi connectivity index (χ2v) is 2.31. The molecule has 0 aliphatic carbocycles. The van der Waals surface area contributed by atoms with Gasteiger partial charge in [0, 0.05) is 7.05 Å². The number of hydrogen-bond acceptors (Lipinski definition) is 2. The lowest BCUT2D eigenvalue weighted by Crippen LogP contribution is -2.32. The molecular weight excluding hydrogens is 176 g/mol. The van der Waals surface area contributed by atoms with Crippen molar-refractivity contribution in [2.75, 3.05) is 7.05 Å². The number of hydrogen-bond donors (Lipinski definition) is 2. The van der Waals surface area contributed by atoms with Crippen LogP contribution in [0.15, 0.2) is 23.2 Å². The van der Waals surface area contributed by atoms with E-state index in [1.54, 1.807) is 0 Å². The van der Waals surface area contributed by atoms with Crippen molar-refractivity contribution in [3.63, 3.8) is 0 Å². The molecule has 0 heterocycles. The van der Waals surface area contributed by atoms with E-state index >= 15 is 0 Å². The summed E-state index contributed by atoms with van der Waals surface area (Å²) in [5, 5.41) is 0. The second kappa shape index (κ2) is 3.95. The van der Waals surface area contributed by atoms with Gasteiger partial charge < -0.3 is 5.43 Å². The molecule has 70 valence electrons. The fourth-order valence-corrected chi connectivity index (χ4v) is 0.973. The first kappa shape index (κ1) is 9.60. The third-order valence-corrected chi connectivity index (χ3v) is 1.56. The molecule has 5 heteroatoms. The number of amidine groups is 1. The van der Waals surface area contributed by atoms with E-state index in [1.165, 1.54) is 13.1 Å². The molecule has 0 fully saturated rings. The van der Waals surface area contributed by atoms with Crippen molar-refractivity contribution in [1.29, 1.82) is 0 Å². The van der Waals surface area contributed by atoms with Crippen LogP contribution in [-0.2, 0) is 0 Å². The van der Waals surface area contributed by atoms with Crippen LogP contribution in [-0.4, -0.2) is 12.9 Å². The molecule has 0 unspecified atom stereocenters. The van der Waals surface area contributed by atoms with E-state index in [-0.39, 0.29) is 11.4 Å². The SMILES string of the molecule is CN=C(NN)c1c(F)cccc1F. The van der Waals surface area contributed by atoms with Gasteiger partial charge in [-0.1, -0.05) is 6.07 Å². The Morgan fingerprint density at radius 3 is 2.31 bits per heavy atom. The smallest absolute Gasteiger partial charge is 0.148 e. The Balaban J connectivity index is 3.27. The third kappa shape index (κ3) is 1.81. The Bertz CT molecular complexity index is 316. The number of benzene rings is 1. The largest absolute Gasteiger partial charge is 0.308 e. The molecule has 0 spiro atoms. The summed E-state index contributed by atoms with van der Waals surface area (Å²) in [6, 6.07) is 3.56. The van der Waals surface area contributed by atoms with Gasteiger partial charge in [-0.15, -0.1) is 0 Å². The second-order valence-electron chi connectivity index (χ2n) is 2.31. The summed E-state index contributed by atoms with van der Waals surface area (Å²) in [5.41, 5.74) is 1.88. The Kier molecular flexibility index (Phi) is 2.92. The lowest BCUT2D eigenvalue weighted by Gasteiger charge is -2.06. The van der Waals surface area contributed by atoms with Crippen LogP contribution in [0, 0.1) is 11.6 Å². The molecule has 0 amide bonds. The summed E-state index contributed by atoms with van der Waals surface area (Å²) in [5.74, 6) is 3.63. The van der Waals surface area contributed by atoms with Crippen molar-refractivity contribution in [2.24, 2.45) is 10.8 Å². The molecule has 0 saturated carbocycles. The van der Waals surface area contributed by atoms with Crippen LogP contribution < -0.4 is 11.3 Å². The Morgan fingerprint density at radius 1 is 1.38 bits per heavy atom. The van der Waals surface area contributed by atoms with E-state index in [0.29, 0.717) is 0 Å². The van der Waals surface area contributed by atoms with Crippen molar-refractivity contribution in [3.05, 3.63) is 35.4 Å². The quantitative estimate of drug-likeness (QED) is 0.294. The van der Waals surface area contributed by atoms with E-state index in [9.17, 15) is 8.78 Å². The highest BCUT2D eigenvalue weighted by Gasteiger charge is 2.12. The standard InChI is InChI=1S/C8H9F2N3/c1-12-8(13-11)7-5(9)3-2-4-6(7)10/h2-4H,11H2,1H3,(H,12,13). The molecule has 13 heavy (non-hydrogen) atoms. The number of nitrogens with one attached hydrogen (secondary N) is 1. The van der Waals surface area contributed by atoms with Crippen molar-refractivity contribution in [2.45, 2.75) is 0 Å². The van der Waals surface area contributed by atoms with Crippen LogP contribution >= 0.6 is 0 Å². The molecular formula is C8H9F2N3. The van der Waals surface area contributed by atoms with Crippen molar-refractivity contribution in [1.82, 2.24) is 5.43 Å². The molecule has 3 nitrogen and oxygen atoms in total. The molecule has 0 bridgehead atoms. The van der Waals surface area contributed by atoms with Crippen LogP contribution in [0.2, 0.25) is 0 Å². The first-order chi connectivity index (χ1) is 6.20. The Morgan fingerprint density at radius 2 is 1.92 bits per heavy atom. The maximum atomic E-state index is 13.1. The average molecular weight is 185 g/mol. The Labute approximate surface area is 74.2 Å². The summed E-state index contributed by atoms with van der Waals surface area (Å²) in [6.45, 7) is 0. The molecule has 0 radical (unpaired) electrons. The van der Waals surface area contributed by atoms with E-state index < -0.39 is 11.6 Å². The van der Waals surface area contributed by atoms with Gasteiger partial charge in [-0.25, -0.2) is 14.6 Å².